The number of nitrogens with one attached hydrogen (secondary N) is 1. The highest BCUT2D eigenvalue weighted by Crippen LogP contribution is 2.21. The predicted molar refractivity (Wildman–Crippen MR) is 87.3 cm³/mol. The Morgan fingerprint density at radius 1 is 1.35 bits per heavy atom. The molecule has 3 rings (SSSR count). The van der Waals surface area contributed by atoms with Gasteiger partial charge in [0.15, 0.2) is 0 Å². The number of aromatic nitrogens is 2. The Balaban J connectivity index is 1.43. The van der Waals surface area contributed by atoms with Crippen LogP contribution in [0.15, 0.2) is 5.51 Å². The van der Waals surface area contributed by atoms with Crippen LogP contribution in [0.5, 0.6) is 0 Å². The summed E-state index contributed by atoms with van der Waals surface area (Å²) in [6.45, 7) is 6.49. The van der Waals surface area contributed by atoms with Gasteiger partial charge in [-0.05, 0) is 19.8 Å². The van der Waals surface area contributed by atoms with Crippen LogP contribution in [0.2, 0.25) is 0 Å². The van der Waals surface area contributed by atoms with Crippen molar-refractivity contribution in [2.24, 2.45) is 0 Å². The molecule has 1 aromatic rings. The molecule has 0 radical (unpaired) electrons. The van der Waals surface area contributed by atoms with Crippen molar-refractivity contribution in [3.05, 3.63) is 5.51 Å². The number of carbonyl (C=O) groups is 2. The highest BCUT2D eigenvalue weighted by molar-refractivity contribution is 7.13. The molecular weight excluding hydrogens is 316 g/mol. The van der Waals surface area contributed by atoms with E-state index in [1.165, 1.54) is 11.3 Å². The number of likely N-dealkylation sites (N-methyl/N-ethyl adjacent to an activating group) is 1. The first-order valence-corrected chi connectivity index (χ1v) is 8.89. The maximum Gasteiger partial charge on any atom is 0.320 e. The van der Waals surface area contributed by atoms with Gasteiger partial charge in [0.25, 0.3) is 0 Å². The first-order valence-electron chi connectivity index (χ1n) is 8.01. The Bertz CT molecular complexity index is 543. The monoisotopic (exact) mass is 338 g/mol. The van der Waals surface area contributed by atoms with Crippen molar-refractivity contribution in [3.8, 4) is 0 Å². The Labute approximate surface area is 139 Å². The van der Waals surface area contributed by atoms with E-state index >= 15 is 0 Å². The van der Waals surface area contributed by atoms with Crippen molar-refractivity contribution in [1.82, 2.24) is 24.9 Å². The number of hydrogen-bond acceptors (Lipinski definition) is 6. The van der Waals surface area contributed by atoms with E-state index in [1.807, 2.05) is 16.7 Å². The summed E-state index contributed by atoms with van der Waals surface area (Å²) in [7, 11) is 0. The van der Waals surface area contributed by atoms with E-state index in [0.29, 0.717) is 17.7 Å². The number of anilines is 1. The fourth-order valence-corrected chi connectivity index (χ4v) is 3.67. The van der Waals surface area contributed by atoms with Crippen LogP contribution in [0.1, 0.15) is 19.8 Å². The van der Waals surface area contributed by atoms with Crippen molar-refractivity contribution in [2.45, 2.75) is 25.8 Å². The topological polar surface area (TPSA) is 81.7 Å². The van der Waals surface area contributed by atoms with Crippen LogP contribution in [0.25, 0.3) is 0 Å². The third-order valence-corrected chi connectivity index (χ3v) is 5.09. The maximum atomic E-state index is 12.2. The zero-order valence-electron chi connectivity index (χ0n) is 13.3. The predicted octanol–water partition coefficient (Wildman–Crippen LogP) is 0.698. The van der Waals surface area contributed by atoms with Gasteiger partial charge in [-0.1, -0.05) is 11.3 Å². The van der Waals surface area contributed by atoms with Gasteiger partial charge in [0, 0.05) is 38.8 Å². The van der Waals surface area contributed by atoms with Gasteiger partial charge in [-0.15, -0.1) is 10.2 Å². The zero-order chi connectivity index (χ0) is 16.2. The maximum absolute atomic E-state index is 12.2. The lowest BCUT2D eigenvalue weighted by Crippen LogP contribution is -2.48. The second-order valence-electron chi connectivity index (χ2n) is 5.86. The summed E-state index contributed by atoms with van der Waals surface area (Å²) in [5.74, 6) is -0.0605. The van der Waals surface area contributed by atoms with E-state index < -0.39 is 0 Å². The molecule has 9 heteroatoms. The molecule has 0 atom stereocenters. The standard InChI is InChI=1S/C14H22N6O2S/c1-2-19-7-8-20(14(19)22)11-3-5-18(6-4-11)9-12(21)16-13-17-15-10-23-13/h10-11H,2-9H2,1H3,(H,16,17,21). The average Bonchev–Trinajstić information content (AvgIpc) is 3.17. The molecule has 0 aromatic carbocycles. The molecule has 1 aromatic heterocycles. The highest BCUT2D eigenvalue weighted by Gasteiger charge is 2.34. The molecule has 0 saturated carbocycles. The average molecular weight is 338 g/mol. The largest absolute Gasteiger partial charge is 0.323 e. The lowest BCUT2D eigenvalue weighted by Gasteiger charge is -2.36. The quantitative estimate of drug-likeness (QED) is 0.855. The SMILES string of the molecule is CCN1CCN(C2CCN(CC(=O)Nc3nncs3)CC2)C1=O. The summed E-state index contributed by atoms with van der Waals surface area (Å²) in [5.41, 5.74) is 1.59. The van der Waals surface area contributed by atoms with E-state index in [-0.39, 0.29) is 11.9 Å². The Morgan fingerprint density at radius 2 is 2.13 bits per heavy atom. The lowest BCUT2D eigenvalue weighted by atomic mass is 10.0. The minimum Gasteiger partial charge on any atom is -0.323 e. The number of piperidine rings is 1. The van der Waals surface area contributed by atoms with Gasteiger partial charge in [0.05, 0.1) is 6.54 Å². The molecule has 2 fully saturated rings. The van der Waals surface area contributed by atoms with Crippen molar-refractivity contribution >= 4 is 28.4 Å². The summed E-state index contributed by atoms with van der Waals surface area (Å²) in [5, 5.41) is 10.8. The highest BCUT2D eigenvalue weighted by atomic mass is 32.1. The Hall–Kier alpha value is -1.74. The smallest absolute Gasteiger partial charge is 0.320 e. The van der Waals surface area contributed by atoms with Gasteiger partial charge in [0.1, 0.15) is 5.51 Å². The number of carbonyl (C=O) groups excluding carboxylic acids is 2. The minimum atomic E-state index is -0.0605. The third-order valence-electron chi connectivity index (χ3n) is 4.48. The Kier molecular flexibility index (Phi) is 5.06. The van der Waals surface area contributed by atoms with Gasteiger partial charge in [-0.2, -0.15) is 0 Å². The second-order valence-corrected chi connectivity index (χ2v) is 6.69. The molecule has 3 amide bonds. The summed E-state index contributed by atoms with van der Waals surface area (Å²) >= 11 is 1.31. The van der Waals surface area contributed by atoms with Gasteiger partial charge in [-0.3, -0.25) is 15.0 Å². The van der Waals surface area contributed by atoms with Gasteiger partial charge in [0.2, 0.25) is 11.0 Å². The van der Waals surface area contributed by atoms with E-state index in [1.54, 1.807) is 5.51 Å². The summed E-state index contributed by atoms with van der Waals surface area (Å²) in [6, 6.07) is 0.474. The molecule has 3 heterocycles. The van der Waals surface area contributed by atoms with E-state index in [9.17, 15) is 9.59 Å². The van der Waals surface area contributed by atoms with Crippen LogP contribution in [0, 0.1) is 0 Å². The van der Waals surface area contributed by atoms with Crippen LogP contribution in [0.3, 0.4) is 0 Å². The number of amides is 3. The van der Waals surface area contributed by atoms with Gasteiger partial charge < -0.3 is 9.80 Å². The molecule has 126 valence electrons. The third kappa shape index (κ3) is 3.78. The van der Waals surface area contributed by atoms with E-state index in [4.69, 9.17) is 0 Å². The Morgan fingerprint density at radius 3 is 2.74 bits per heavy atom. The molecule has 23 heavy (non-hydrogen) atoms. The number of hydrogen-bond donors (Lipinski definition) is 1. The molecular formula is C14H22N6O2S. The van der Waals surface area contributed by atoms with Crippen molar-refractivity contribution in [3.63, 3.8) is 0 Å². The molecule has 2 aliphatic rings. The van der Waals surface area contributed by atoms with Crippen molar-refractivity contribution < 1.29 is 9.59 Å². The van der Waals surface area contributed by atoms with Crippen molar-refractivity contribution in [2.75, 3.05) is 44.6 Å². The normalized spacial score (nSPS) is 20.3. The van der Waals surface area contributed by atoms with E-state index in [0.717, 1.165) is 45.6 Å². The number of nitrogens with zero attached hydrogens (tertiary/aromatic N) is 5. The lowest BCUT2D eigenvalue weighted by molar-refractivity contribution is -0.117. The first kappa shape index (κ1) is 16.1. The van der Waals surface area contributed by atoms with Crippen LogP contribution >= 0.6 is 11.3 Å². The molecule has 0 aliphatic carbocycles. The second kappa shape index (κ2) is 7.22. The molecule has 1 N–H and O–H groups in total. The van der Waals surface area contributed by atoms with Crippen LogP contribution in [-0.2, 0) is 4.79 Å². The fraction of sp³-hybridized carbons (Fsp3) is 0.714. The minimum absolute atomic E-state index is 0.0605. The number of rotatable bonds is 5. The molecule has 2 aliphatic heterocycles. The van der Waals surface area contributed by atoms with Gasteiger partial charge >= 0.3 is 6.03 Å². The number of likely N-dealkylation sites (tertiary alicyclic amines) is 1. The summed E-state index contributed by atoms with van der Waals surface area (Å²) in [6.07, 6.45) is 1.85. The zero-order valence-corrected chi connectivity index (χ0v) is 14.1. The molecule has 0 spiro atoms. The molecule has 2 saturated heterocycles. The molecule has 0 unspecified atom stereocenters. The fourth-order valence-electron chi connectivity index (χ4n) is 3.21. The summed E-state index contributed by atoms with van der Waals surface area (Å²) in [4.78, 5) is 30.2. The molecule has 8 nitrogen and oxygen atoms in total. The van der Waals surface area contributed by atoms with E-state index in [2.05, 4.69) is 20.4 Å². The van der Waals surface area contributed by atoms with Crippen LogP contribution < -0.4 is 5.32 Å². The van der Waals surface area contributed by atoms with Gasteiger partial charge in [-0.25, -0.2) is 4.79 Å². The van der Waals surface area contributed by atoms with Crippen LogP contribution in [-0.4, -0.2) is 82.1 Å². The first-order chi connectivity index (χ1) is 11.2. The number of urea groups is 1. The summed E-state index contributed by atoms with van der Waals surface area (Å²) < 4.78 is 0. The molecule has 0 bridgehead atoms. The van der Waals surface area contributed by atoms with Crippen molar-refractivity contribution in [1.29, 1.82) is 0 Å². The van der Waals surface area contributed by atoms with Crippen LogP contribution in [0.4, 0.5) is 9.93 Å².